The van der Waals surface area contributed by atoms with Crippen LogP contribution in [0.4, 0.5) is 4.39 Å². The van der Waals surface area contributed by atoms with Gasteiger partial charge >= 0.3 is 0 Å². The third kappa shape index (κ3) is 1.89. The van der Waals surface area contributed by atoms with Crippen molar-refractivity contribution in [3.05, 3.63) is 15.6 Å². The van der Waals surface area contributed by atoms with E-state index in [4.69, 9.17) is 5.73 Å². The molecule has 0 bridgehead atoms. The first-order valence-electron chi connectivity index (χ1n) is 4.61. The quantitative estimate of drug-likeness (QED) is 0.785. The molecule has 0 amide bonds. The molecule has 1 heterocycles. The molecule has 0 saturated heterocycles. The fraction of sp³-hybridized carbons (Fsp3) is 0.667. The third-order valence-electron chi connectivity index (χ3n) is 2.28. The Morgan fingerprint density at radius 2 is 2.46 bits per heavy atom. The highest BCUT2D eigenvalue weighted by Gasteiger charge is 2.21. The molecule has 1 aromatic rings. The van der Waals surface area contributed by atoms with E-state index in [0.29, 0.717) is 19.4 Å². The number of nitrogens with zero attached hydrogens (tertiary/aromatic N) is 1. The van der Waals surface area contributed by atoms with Crippen molar-refractivity contribution in [1.82, 2.24) is 4.98 Å². The number of fused-ring (bicyclic) bond motifs is 1. The average Bonchev–Trinajstić information content (AvgIpc) is 2.46. The first kappa shape index (κ1) is 9.09. The van der Waals surface area contributed by atoms with Crippen molar-refractivity contribution < 1.29 is 4.39 Å². The number of thiazole rings is 1. The molecular formula is C9H13FN2S. The van der Waals surface area contributed by atoms with Crippen molar-refractivity contribution in [2.45, 2.75) is 31.9 Å². The van der Waals surface area contributed by atoms with Crippen LogP contribution in [0.3, 0.4) is 0 Å². The Hall–Kier alpha value is -0.480. The minimum atomic E-state index is -0.654. The summed E-state index contributed by atoms with van der Waals surface area (Å²) in [5.74, 6) is 0. The van der Waals surface area contributed by atoms with Crippen molar-refractivity contribution in [2.75, 3.05) is 6.54 Å². The summed E-state index contributed by atoms with van der Waals surface area (Å²) in [5, 5.41) is 1.07. The molecule has 1 aliphatic carbocycles. The number of rotatable bonds is 2. The first-order chi connectivity index (χ1) is 6.29. The van der Waals surface area contributed by atoms with Gasteiger partial charge in [0.25, 0.3) is 0 Å². The molecule has 1 aromatic heterocycles. The molecule has 72 valence electrons. The molecule has 0 radical (unpaired) electrons. The Kier molecular flexibility index (Phi) is 2.60. The number of hydrogen-bond donors (Lipinski definition) is 1. The zero-order valence-electron chi connectivity index (χ0n) is 7.42. The molecule has 1 aliphatic rings. The van der Waals surface area contributed by atoms with Crippen molar-refractivity contribution in [2.24, 2.45) is 5.73 Å². The molecular weight excluding hydrogens is 187 g/mol. The molecule has 1 atom stereocenters. The summed E-state index contributed by atoms with van der Waals surface area (Å²) in [5.41, 5.74) is 6.55. The second-order valence-corrected chi connectivity index (χ2v) is 4.52. The standard InChI is InChI=1S/C9H13FN2S/c10-6-1-2-7-8(5-6)13-9(12-7)3-4-11/h6H,1-5,11H2. The Labute approximate surface area is 81.0 Å². The second-order valence-electron chi connectivity index (χ2n) is 3.36. The monoisotopic (exact) mass is 200 g/mol. The lowest BCUT2D eigenvalue weighted by Gasteiger charge is -2.12. The second kappa shape index (κ2) is 3.72. The highest BCUT2D eigenvalue weighted by molar-refractivity contribution is 7.11. The van der Waals surface area contributed by atoms with Gasteiger partial charge in [-0.15, -0.1) is 11.3 Å². The van der Waals surface area contributed by atoms with E-state index < -0.39 is 6.17 Å². The van der Waals surface area contributed by atoms with E-state index in [1.54, 1.807) is 11.3 Å². The van der Waals surface area contributed by atoms with Gasteiger partial charge in [0.2, 0.25) is 0 Å². The lowest BCUT2D eigenvalue weighted by Crippen LogP contribution is -2.12. The van der Waals surface area contributed by atoms with Crippen molar-refractivity contribution in [1.29, 1.82) is 0 Å². The lowest BCUT2D eigenvalue weighted by atomic mass is 10.0. The topological polar surface area (TPSA) is 38.9 Å². The summed E-state index contributed by atoms with van der Waals surface area (Å²) >= 11 is 1.63. The van der Waals surface area contributed by atoms with Gasteiger partial charge in [0.05, 0.1) is 10.7 Å². The maximum absolute atomic E-state index is 13.0. The lowest BCUT2D eigenvalue weighted by molar-refractivity contribution is 0.302. The van der Waals surface area contributed by atoms with Gasteiger partial charge in [-0.2, -0.15) is 0 Å². The fourth-order valence-corrected chi connectivity index (χ4v) is 2.81. The summed E-state index contributed by atoms with van der Waals surface area (Å²) in [4.78, 5) is 5.59. The van der Waals surface area contributed by atoms with E-state index >= 15 is 0 Å². The maximum atomic E-state index is 13.0. The molecule has 0 aromatic carbocycles. The Bertz CT molecular complexity index is 298. The summed E-state index contributed by atoms with van der Waals surface area (Å²) < 4.78 is 13.0. The van der Waals surface area contributed by atoms with E-state index in [2.05, 4.69) is 4.98 Å². The molecule has 13 heavy (non-hydrogen) atoms. The van der Waals surface area contributed by atoms with Crippen molar-refractivity contribution >= 4 is 11.3 Å². The molecule has 0 spiro atoms. The van der Waals surface area contributed by atoms with Gasteiger partial charge < -0.3 is 5.73 Å². The van der Waals surface area contributed by atoms with Crippen molar-refractivity contribution in [3.63, 3.8) is 0 Å². The van der Waals surface area contributed by atoms with Gasteiger partial charge in [0, 0.05) is 17.7 Å². The van der Waals surface area contributed by atoms with E-state index in [-0.39, 0.29) is 0 Å². The summed E-state index contributed by atoms with van der Waals surface area (Å²) in [6.07, 6.45) is 2.18. The SMILES string of the molecule is NCCc1nc2c(s1)CC(F)CC2. The van der Waals surface area contributed by atoms with Crippen LogP contribution >= 0.6 is 11.3 Å². The zero-order chi connectivity index (χ0) is 9.26. The van der Waals surface area contributed by atoms with Gasteiger partial charge in [-0.05, 0) is 19.4 Å². The third-order valence-corrected chi connectivity index (χ3v) is 3.46. The number of aromatic nitrogens is 1. The predicted octanol–water partition coefficient (Wildman–Crippen LogP) is 1.47. The van der Waals surface area contributed by atoms with Crippen LogP contribution in [-0.2, 0) is 19.3 Å². The highest BCUT2D eigenvalue weighted by atomic mass is 32.1. The summed E-state index contributed by atoms with van der Waals surface area (Å²) in [7, 11) is 0. The molecule has 2 N–H and O–H groups in total. The Balaban J connectivity index is 2.18. The summed E-state index contributed by atoms with van der Waals surface area (Å²) in [6.45, 7) is 0.630. The number of hydrogen-bond acceptors (Lipinski definition) is 3. The van der Waals surface area contributed by atoms with Gasteiger partial charge in [0.1, 0.15) is 6.17 Å². The smallest absolute Gasteiger partial charge is 0.105 e. The summed E-state index contributed by atoms with van der Waals surface area (Å²) in [6, 6.07) is 0. The van der Waals surface area contributed by atoms with E-state index in [1.165, 1.54) is 0 Å². The molecule has 0 fully saturated rings. The number of aryl methyl sites for hydroxylation is 1. The van der Waals surface area contributed by atoms with Crippen LogP contribution in [0.1, 0.15) is 22.0 Å². The van der Waals surface area contributed by atoms with Gasteiger partial charge in [-0.25, -0.2) is 9.37 Å². The largest absolute Gasteiger partial charge is 0.330 e. The Morgan fingerprint density at radius 1 is 1.62 bits per heavy atom. The Morgan fingerprint density at radius 3 is 3.23 bits per heavy atom. The van der Waals surface area contributed by atoms with Gasteiger partial charge in [0.15, 0.2) is 0 Å². The average molecular weight is 200 g/mol. The number of nitrogens with two attached hydrogens (primary N) is 1. The van der Waals surface area contributed by atoms with Crippen LogP contribution in [0.2, 0.25) is 0 Å². The number of halogens is 1. The van der Waals surface area contributed by atoms with Crippen LogP contribution < -0.4 is 5.73 Å². The van der Waals surface area contributed by atoms with Crippen molar-refractivity contribution in [3.8, 4) is 0 Å². The van der Waals surface area contributed by atoms with E-state index in [1.807, 2.05) is 0 Å². The number of alkyl halides is 1. The minimum absolute atomic E-state index is 0.567. The molecule has 4 heteroatoms. The van der Waals surface area contributed by atoms with Crippen LogP contribution in [0.25, 0.3) is 0 Å². The van der Waals surface area contributed by atoms with E-state index in [9.17, 15) is 4.39 Å². The molecule has 2 rings (SSSR count). The first-order valence-corrected chi connectivity index (χ1v) is 5.43. The fourth-order valence-electron chi connectivity index (χ4n) is 1.62. The maximum Gasteiger partial charge on any atom is 0.105 e. The van der Waals surface area contributed by atoms with Gasteiger partial charge in [-0.1, -0.05) is 0 Å². The van der Waals surface area contributed by atoms with Crippen LogP contribution in [-0.4, -0.2) is 17.7 Å². The molecule has 0 aliphatic heterocycles. The van der Waals surface area contributed by atoms with Crippen LogP contribution in [0, 0.1) is 0 Å². The molecule has 1 unspecified atom stereocenters. The van der Waals surface area contributed by atoms with Crippen LogP contribution in [0.15, 0.2) is 0 Å². The highest BCUT2D eigenvalue weighted by Crippen LogP contribution is 2.28. The molecule has 2 nitrogen and oxygen atoms in total. The van der Waals surface area contributed by atoms with Crippen LogP contribution in [0.5, 0.6) is 0 Å². The van der Waals surface area contributed by atoms with E-state index in [0.717, 1.165) is 28.4 Å². The normalized spacial score (nSPS) is 21.5. The molecule has 0 saturated carbocycles. The van der Waals surface area contributed by atoms with Gasteiger partial charge in [-0.3, -0.25) is 0 Å². The zero-order valence-corrected chi connectivity index (χ0v) is 8.24. The minimum Gasteiger partial charge on any atom is -0.330 e. The predicted molar refractivity (Wildman–Crippen MR) is 51.8 cm³/mol.